The fourth-order valence-corrected chi connectivity index (χ4v) is 4.41. The van der Waals surface area contributed by atoms with E-state index >= 15 is 0 Å². The summed E-state index contributed by atoms with van der Waals surface area (Å²) < 4.78 is 27.5. The lowest BCUT2D eigenvalue weighted by atomic mass is 9.97. The Labute approximate surface area is 121 Å². The van der Waals surface area contributed by atoms with E-state index in [4.69, 9.17) is 5.73 Å². The molecule has 1 fully saturated rings. The lowest BCUT2D eigenvalue weighted by Crippen LogP contribution is -2.33. The van der Waals surface area contributed by atoms with E-state index in [1.807, 2.05) is 26.0 Å². The SMILES string of the molecule is Cc1ccc(S(=O)(=O)NCC2CCCC2CN)c(C)c1. The van der Waals surface area contributed by atoms with E-state index in [0.717, 1.165) is 30.4 Å². The average molecular weight is 296 g/mol. The third kappa shape index (κ3) is 3.40. The van der Waals surface area contributed by atoms with Gasteiger partial charge in [-0.05, 0) is 56.7 Å². The number of benzene rings is 1. The molecule has 1 aromatic rings. The highest BCUT2D eigenvalue weighted by atomic mass is 32.2. The van der Waals surface area contributed by atoms with Crippen LogP contribution in [-0.4, -0.2) is 21.5 Å². The van der Waals surface area contributed by atoms with Crippen LogP contribution < -0.4 is 10.5 Å². The van der Waals surface area contributed by atoms with Gasteiger partial charge in [-0.2, -0.15) is 0 Å². The van der Waals surface area contributed by atoms with Crippen molar-refractivity contribution < 1.29 is 8.42 Å². The van der Waals surface area contributed by atoms with Gasteiger partial charge in [0.1, 0.15) is 0 Å². The summed E-state index contributed by atoms with van der Waals surface area (Å²) >= 11 is 0. The second kappa shape index (κ2) is 6.24. The molecule has 2 unspecified atom stereocenters. The zero-order valence-electron chi connectivity index (χ0n) is 12.2. The van der Waals surface area contributed by atoms with Crippen molar-refractivity contribution in [2.24, 2.45) is 17.6 Å². The molecule has 0 bridgehead atoms. The Balaban J connectivity index is 2.07. The number of nitrogens with two attached hydrogens (primary N) is 1. The molecule has 20 heavy (non-hydrogen) atoms. The molecule has 2 atom stereocenters. The summed E-state index contributed by atoms with van der Waals surface area (Å²) in [4.78, 5) is 0.380. The van der Waals surface area contributed by atoms with Crippen LogP contribution >= 0.6 is 0 Å². The third-order valence-electron chi connectivity index (χ3n) is 4.27. The summed E-state index contributed by atoms with van der Waals surface area (Å²) in [5.74, 6) is 0.831. The first-order valence-electron chi connectivity index (χ1n) is 7.21. The Morgan fingerprint density at radius 1 is 1.25 bits per heavy atom. The van der Waals surface area contributed by atoms with Crippen LogP contribution in [0.3, 0.4) is 0 Å². The van der Waals surface area contributed by atoms with Crippen LogP contribution in [0.15, 0.2) is 23.1 Å². The van der Waals surface area contributed by atoms with Crippen molar-refractivity contribution in [1.29, 1.82) is 0 Å². The maximum atomic E-state index is 12.4. The summed E-state index contributed by atoms with van der Waals surface area (Å²) in [6.07, 6.45) is 3.33. The molecule has 1 saturated carbocycles. The Kier molecular flexibility index (Phi) is 4.83. The van der Waals surface area contributed by atoms with Crippen molar-refractivity contribution >= 4 is 10.0 Å². The van der Waals surface area contributed by atoms with Gasteiger partial charge >= 0.3 is 0 Å². The second-order valence-electron chi connectivity index (χ2n) is 5.81. The summed E-state index contributed by atoms with van der Waals surface area (Å²) in [6.45, 7) is 4.94. The lowest BCUT2D eigenvalue weighted by molar-refractivity contribution is 0.393. The number of hydrogen-bond donors (Lipinski definition) is 2. The fourth-order valence-electron chi connectivity index (χ4n) is 3.09. The first-order valence-corrected chi connectivity index (χ1v) is 8.69. The number of nitrogens with one attached hydrogen (secondary N) is 1. The Morgan fingerprint density at radius 2 is 1.95 bits per heavy atom. The average Bonchev–Trinajstić information content (AvgIpc) is 2.83. The molecule has 0 aliphatic heterocycles. The minimum atomic E-state index is -3.42. The number of hydrogen-bond acceptors (Lipinski definition) is 3. The van der Waals surface area contributed by atoms with E-state index in [2.05, 4.69) is 4.72 Å². The molecule has 1 aliphatic rings. The first kappa shape index (κ1) is 15.5. The smallest absolute Gasteiger partial charge is 0.240 e. The van der Waals surface area contributed by atoms with Gasteiger partial charge in [0.25, 0.3) is 0 Å². The van der Waals surface area contributed by atoms with Crippen LogP contribution in [0.25, 0.3) is 0 Å². The standard InChI is InChI=1S/C15H24N2O2S/c1-11-6-7-15(12(2)8-11)20(18,19)17-10-14-5-3-4-13(14)9-16/h6-8,13-14,17H,3-5,9-10,16H2,1-2H3. The van der Waals surface area contributed by atoms with Crippen molar-refractivity contribution in [1.82, 2.24) is 4.72 Å². The first-order chi connectivity index (χ1) is 9.44. The van der Waals surface area contributed by atoms with E-state index in [9.17, 15) is 8.42 Å². The van der Waals surface area contributed by atoms with Crippen LogP contribution in [0, 0.1) is 25.7 Å². The van der Waals surface area contributed by atoms with Gasteiger partial charge in [-0.3, -0.25) is 0 Å². The summed E-state index contributed by atoms with van der Waals surface area (Å²) in [5, 5.41) is 0. The minimum Gasteiger partial charge on any atom is -0.330 e. The molecule has 2 rings (SSSR count). The zero-order valence-corrected chi connectivity index (χ0v) is 13.0. The topological polar surface area (TPSA) is 72.2 Å². The van der Waals surface area contributed by atoms with Crippen LogP contribution in [0.5, 0.6) is 0 Å². The molecule has 4 nitrogen and oxygen atoms in total. The highest BCUT2D eigenvalue weighted by molar-refractivity contribution is 7.89. The van der Waals surface area contributed by atoms with Gasteiger partial charge in [0, 0.05) is 6.54 Å². The molecular weight excluding hydrogens is 272 g/mol. The quantitative estimate of drug-likeness (QED) is 0.872. The van der Waals surface area contributed by atoms with E-state index < -0.39 is 10.0 Å². The Bertz CT molecular complexity index is 569. The molecule has 1 aliphatic carbocycles. The van der Waals surface area contributed by atoms with Crippen LogP contribution in [0.2, 0.25) is 0 Å². The van der Waals surface area contributed by atoms with Gasteiger partial charge in [0.05, 0.1) is 4.90 Å². The highest BCUT2D eigenvalue weighted by Crippen LogP contribution is 2.30. The highest BCUT2D eigenvalue weighted by Gasteiger charge is 2.27. The van der Waals surface area contributed by atoms with Gasteiger partial charge in [-0.25, -0.2) is 13.1 Å². The van der Waals surface area contributed by atoms with E-state index in [1.165, 1.54) is 0 Å². The Hall–Kier alpha value is -0.910. The van der Waals surface area contributed by atoms with E-state index in [1.54, 1.807) is 6.07 Å². The molecule has 3 N–H and O–H groups in total. The molecule has 0 heterocycles. The number of rotatable bonds is 5. The molecule has 0 amide bonds. The van der Waals surface area contributed by atoms with E-state index in [0.29, 0.717) is 29.8 Å². The van der Waals surface area contributed by atoms with Gasteiger partial charge < -0.3 is 5.73 Å². The van der Waals surface area contributed by atoms with E-state index in [-0.39, 0.29) is 0 Å². The van der Waals surface area contributed by atoms with Crippen molar-refractivity contribution in [2.45, 2.75) is 38.0 Å². The van der Waals surface area contributed by atoms with Crippen molar-refractivity contribution in [3.8, 4) is 0 Å². The van der Waals surface area contributed by atoms with Crippen molar-refractivity contribution in [2.75, 3.05) is 13.1 Å². The van der Waals surface area contributed by atoms with Crippen molar-refractivity contribution in [3.63, 3.8) is 0 Å². The summed E-state index contributed by atoms with van der Waals surface area (Å²) in [6, 6.07) is 5.41. The molecule has 1 aromatic carbocycles. The number of sulfonamides is 1. The monoisotopic (exact) mass is 296 g/mol. The molecule has 0 saturated heterocycles. The number of aryl methyl sites for hydroxylation is 2. The van der Waals surface area contributed by atoms with Crippen LogP contribution in [0.1, 0.15) is 30.4 Å². The second-order valence-corrected chi connectivity index (χ2v) is 7.54. The van der Waals surface area contributed by atoms with Gasteiger partial charge in [-0.1, -0.05) is 24.1 Å². The molecule has 5 heteroatoms. The fraction of sp³-hybridized carbons (Fsp3) is 0.600. The van der Waals surface area contributed by atoms with Crippen LogP contribution in [-0.2, 0) is 10.0 Å². The van der Waals surface area contributed by atoms with Gasteiger partial charge in [-0.15, -0.1) is 0 Å². The third-order valence-corrected chi connectivity index (χ3v) is 5.86. The largest absolute Gasteiger partial charge is 0.330 e. The van der Waals surface area contributed by atoms with Crippen molar-refractivity contribution in [3.05, 3.63) is 29.3 Å². The lowest BCUT2D eigenvalue weighted by Gasteiger charge is -2.18. The molecule has 112 valence electrons. The molecule has 0 radical (unpaired) electrons. The predicted molar refractivity (Wildman–Crippen MR) is 81.0 cm³/mol. The maximum Gasteiger partial charge on any atom is 0.240 e. The van der Waals surface area contributed by atoms with Gasteiger partial charge in [0.2, 0.25) is 10.0 Å². The summed E-state index contributed by atoms with van der Waals surface area (Å²) in [5.41, 5.74) is 7.60. The predicted octanol–water partition coefficient (Wildman–Crippen LogP) is 1.96. The maximum absolute atomic E-state index is 12.4. The minimum absolute atomic E-state index is 0.375. The molecule has 0 aromatic heterocycles. The Morgan fingerprint density at radius 3 is 2.60 bits per heavy atom. The molecule has 0 spiro atoms. The normalized spacial score (nSPS) is 23.1. The van der Waals surface area contributed by atoms with Crippen LogP contribution in [0.4, 0.5) is 0 Å². The molecular formula is C15H24N2O2S. The summed E-state index contributed by atoms with van der Waals surface area (Å²) in [7, 11) is -3.42. The zero-order chi connectivity index (χ0) is 14.8. The van der Waals surface area contributed by atoms with Gasteiger partial charge in [0.15, 0.2) is 0 Å².